The zero-order chi connectivity index (χ0) is 30.1. The number of hydrogen-bond donors (Lipinski definition) is 0. The van der Waals surface area contributed by atoms with E-state index in [0.717, 1.165) is 43.4 Å². The minimum Gasteiger partial charge on any atom is -0.378 e. The molecule has 1 aliphatic heterocycles. The highest BCUT2D eigenvalue weighted by Crippen LogP contribution is 2.17. The van der Waals surface area contributed by atoms with E-state index in [1.807, 2.05) is 26.0 Å². The molecular weight excluding hydrogens is 531 g/mol. The van der Waals surface area contributed by atoms with Crippen LogP contribution in [0.15, 0.2) is 133 Å². The average molecular weight is 571 g/mol. The molecule has 5 aromatic rings. The second-order valence-corrected chi connectivity index (χ2v) is 11.0. The molecular formula is C37H39BN2O3. The number of hydrogen-bond acceptors (Lipinski definition) is 4. The molecule has 0 bridgehead atoms. The van der Waals surface area contributed by atoms with Crippen LogP contribution in [0.4, 0.5) is 5.69 Å². The van der Waals surface area contributed by atoms with Crippen LogP contribution in [-0.2, 0) is 9.53 Å². The summed E-state index contributed by atoms with van der Waals surface area (Å²) < 4.78 is 6.90. The Balaban J connectivity index is 0.000000181. The molecule has 5 nitrogen and oxygen atoms in total. The second-order valence-electron chi connectivity index (χ2n) is 11.0. The zero-order valence-electron chi connectivity index (χ0n) is 25.2. The number of carbonyl (C=O) groups excluding carboxylic acids is 1. The fourth-order valence-electron chi connectivity index (χ4n) is 6.26. The lowest BCUT2D eigenvalue weighted by Gasteiger charge is -2.44. The molecule has 0 spiro atoms. The normalized spacial score (nSPS) is 13.0. The maximum absolute atomic E-state index is 11.0. The molecule has 4 aromatic carbocycles. The monoisotopic (exact) mass is 570 g/mol. The van der Waals surface area contributed by atoms with Crippen LogP contribution in [0, 0.1) is 13.8 Å². The Morgan fingerprint density at radius 3 is 1.33 bits per heavy atom. The Hall–Kier alpha value is -4.68. The summed E-state index contributed by atoms with van der Waals surface area (Å²) in [7, 11) is 0. The van der Waals surface area contributed by atoms with E-state index in [1.54, 1.807) is 4.73 Å². The highest BCUT2D eigenvalue weighted by atomic mass is 16.7. The van der Waals surface area contributed by atoms with Crippen molar-refractivity contribution in [1.29, 1.82) is 0 Å². The number of ether oxygens (including phenoxy) is 1. The number of anilines is 1. The van der Waals surface area contributed by atoms with Crippen molar-refractivity contribution in [3.8, 4) is 0 Å². The van der Waals surface area contributed by atoms with Crippen molar-refractivity contribution in [2.24, 2.45) is 0 Å². The molecule has 0 aliphatic carbocycles. The van der Waals surface area contributed by atoms with Gasteiger partial charge in [-0.2, -0.15) is 26.7 Å². The molecule has 0 atom stereocenters. The van der Waals surface area contributed by atoms with E-state index in [4.69, 9.17) is 9.57 Å². The predicted molar refractivity (Wildman–Crippen MR) is 176 cm³/mol. The van der Waals surface area contributed by atoms with Crippen LogP contribution in [0.1, 0.15) is 18.3 Å². The fourth-order valence-corrected chi connectivity index (χ4v) is 6.26. The highest BCUT2D eigenvalue weighted by molar-refractivity contribution is 7.19. The minimum atomic E-state index is -1.22. The number of benzene rings is 4. The van der Waals surface area contributed by atoms with Gasteiger partial charge in [0.1, 0.15) is 6.15 Å². The standard InChI is InChI=1S/C24H20B.C13H19N2O3/c1-5-13-21(14-6-1)25(22-15-7-2-8-16-22,23-17-9-3-10-18-23)24-19-11-4-12-20-24;1-10-8-13(14-4-6-17-7-5-14)9-11(2)15(10)18-12(3)16/h1-20H;8-9H,4-7H2,1-3H3/q-1;+1. The van der Waals surface area contributed by atoms with Gasteiger partial charge in [0.2, 0.25) is 11.4 Å². The molecule has 1 aliphatic rings. The first-order valence-corrected chi connectivity index (χ1v) is 14.9. The number of aryl methyl sites for hydroxylation is 2. The van der Waals surface area contributed by atoms with E-state index in [-0.39, 0.29) is 5.97 Å². The molecule has 0 radical (unpaired) electrons. The lowest BCUT2D eigenvalue weighted by Crippen LogP contribution is -2.74. The quantitative estimate of drug-likeness (QED) is 0.232. The van der Waals surface area contributed by atoms with Gasteiger partial charge in [-0.1, -0.05) is 121 Å². The van der Waals surface area contributed by atoms with Gasteiger partial charge in [0.05, 0.1) is 13.2 Å². The van der Waals surface area contributed by atoms with Crippen LogP contribution in [0.3, 0.4) is 0 Å². The summed E-state index contributed by atoms with van der Waals surface area (Å²) in [6, 6.07) is 47.6. The lowest BCUT2D eigenvalue weighted by molar-refractivity contribution is -0.877. The molecule has 0 amide bonds. The molecule has 1 fully saturated rings. The SMILES string of the molecule is CC(=O)O[n+]1c(C)cc(N2CCOCC2)cc1C.c1ccc([B-](c2ccccc2)(c2ccccc2)c2ccccc2)cc1. The first-order chi connectivity index (χ1) is 21.0. The van der Waals surface area contributed by atoms with Crippen molar-refractivity contribution >= 4 is 39.7 Å². The largest absolute Gasteiger partial charge is 0.378 e. The van der Waals surface area contributed by atoms with Crippen LogP contribution in [-0.4, -0.2) is 38.4 Å². The van der Waals surface area contributed by atoms with Crippen LogP contribution < -0.4 is 36.3 Å². The Labute approximate surface area is 255 Å². The van der Waals surface area contributed by atoms with E-state index in [1.165, 1.54) is 28.8 Å². The molecule has 1 saturated heterocycles. The van der Waals surface area contributed by atoms with Crippen LogP contribution in [0.25, 0.3) is 0 Å². The maximum Gasteiger partial charge on any atom is 0.377 e. The third kappa shape index (κ3) is 6.71. The number of nitrogens with zero attached hydrogens (tertiary/aromatic N) is 2. The summed E-state index contributed by atoms with van der Waals surface area (Å²) in [5.41, 5.74) is 8.32. The average Bonchev–Trinajstić information content (AvgIpc) is 3.06. The molecule has 0 N–H and O–H groups in total. The summed E-state index contributed by atoms with van der Waals surface area (Å²) in [6.45, 7) is 8.59. The minimum absolute atomic E-state index is 0.315. The van der Waals surface area contributed by atoms with E-state index in [9.17, 15) is 4.79 Å². The van der Waals surface area contributed by atoms with Gasteiger partial charge in [-0.25, -0.2) is 4.79 Å². The van der Waals surface area contributed by atoms with Crippen molar-refractivity contribution in [2.45, 2.75) is 20.8 Å². The zero-order valence-corrected chi connectivity index (χ0v) is 25.2. The van der Waals surface area contributed by atoms with Gasteiger partial charge >= 0.3 is 5.97 Å². The second kappa shape index (κ2) is 14.0. The molecule has 6 rings (SSSR count). The van der Waals surface area contributed by atoms with Gasteiger partial charge in [0, 0.05) is 56.4 Å². The van der Waals surface area contributed by atoms with Gasteiger partial charge < -0.3 is 9.64 Å². The van der Waals surface area contributed by atoms with E-state index >= 15 is 0 Å². The Morgan fingerprint density at radius 1 is 0.651 bits per heavy atom. The highest BCUT2D eigenvalue weighted by Gasteiger charge is 2.31. The van der Waals surface area contributed by atoms with Crippen molar-refractivity contribution < 1.29 is 19.1 Å². The van der Waals surface area contributed by atoms with Crippen molar-refractivity contribution in [2.75, 3.05) is 31.2 Å². The molecule has 0 unspecified atom stereocenters. The summed E-state index contributed by atoms with van der Waals surface area (Å²) in [4.78, 5) is 18.5. The van der Waals surface area contributed by atoms with Crippen LogP contribution >= 0.6 is 0 Å². The fraction of sp³-hybridized carbons (Fsp3) is 0.189. The Kier molecular flexibility index (Phi) is 9.70. The van der Waals surface area contributed by atoms with Crippen LogP contribution in [0.2, 0.25) is 0 Å². The van der Waals surface area contributed by atoms with Gasteiger partial charge in [-0.05, 0) is 0 Å². The van der Waals surface area contributed by atoms with E-state index < -0.39 is 6.15 Å². The molecule has 2 heterocycles. The number of aromatic nitrogens is 1. The Morgan fingerprint density at radius 2 is 1.00 bits per heavy atom. The summed E-state index contributed by atoms with van der Waals surface area (Å²) in [5, 5.41) is 0. The molecule has 43 heavy (non-hydrogen) atoms. The summed E-state index contributed by atoms with van der Waals surface area (Å²) in [6.07, 6.45) is -1.22. The summed E-state index contributed by atoms with van der Waals surface area (Å²) in [5.74, 6) is -0.315. The van der Waals surface area contributed by atoms with Gasteiger partial charge in [-0.3, -0.25) is 0 Å². The smallest absolute Gasteiger partial charge is 0.377 e. The number of pyridine rings is 1. The molecule has 6 heteroatoms. The molecule has 0 saturated carbocycles. The lowest BCUT2D eigenvalue weighted by atomic mass is 9.13. The first-order valence-electron chi connectivity index (χ1n) is 14.9. The number of rotatable bonds is 6. The topological polar surface area (TPSA) is 42.7 Å². The van der Waals surface area contributed by atoms with Gasteiger partial charge in [-0.15, -0.1) is 0 Å². The summed E-state index contributed by atoms with van der Waals surface area (Å²) >= 11 is 0. The third-order valence-corrected chi connectivity index (χ3v) is 8.15. The first kappa shape index (κ1) is 29.8. The van der Waals surface area contributed by atoms with Gasteiger partial charge in [0.25, 0.3) is 0 Å². The van der Waals surface area contributed by atoms with E-state index in [2.05, 4.69) is 126 Å². The van der Waals surface area contributed by atoms with Crippen molar-refractivity contribution in [3.63, 3.8) is 0 Å². The third-order valence-electron chi connectivity index (χ3n) is 8.15. The number of morpholine rings is 1. The van der Waals surface area contributed by atoms with Crippen molar-refractivity contribution in [3.05, 3.63) is 145 Å². The molecule has 1 aromatic heterocycles. The van der Waals surface area contributed by atoms with E-state index in [0.29, 0.717) is 0 Å². The number of carbonyl (C=O) groups is 1. The maximum atomic E-state index is 11.0. The van der Waals surface area contributed by atoms with Gasteiger partial charge in [0.15, 0.2) is 0 Å². The van der Waals surface area contributed by atoms with Crippen LogP contribution in [0.5, 0.6) is 0 Å². The molecule has 218 valence electrons. The van der Waals surface area contributed by atoms with Crippen molar-refractivity contribution in [1.82, 2.24) is 0 Å². The predicted octanol–water partition coefficient (Wildman–Crippen LogP) is 3.47. The Bertz CT molecular complexity index is 1420.